The smallest absolute Gasteiger partial charge is 0.270 e. The summed E-state index contributed by atoms with van der Waals surface area (Å²) >= 11 is 1.39. The van der Waals surface area contributed by atoms with Crippen molar-refractivity contribution in [1.82, 2.24) is 4.90 Å². The number of thiophene rings is 1. The van der Waals surface area contributed by atoms with Gasteiger partial charge in [0, 0.05) is 49.0 Å². The molecule has 7 nitrogen and oxygen atoms in total. The molecule has 1 aliphatic heterocycles. The predicted molar refractivity (Wildman–Crippen MR) is 99.8 cm³/mol. The number of hydrogen-bond acceptors (Lipinski definition) is 6. The molecular formula is C18H22N2O5S. The van der Waals surface area contributed by atoms with Gasteiger partial charge in [0.25, 0.3) is 11.6 Å². The third kappa shape index (κ3) is 4.38. The SMILES string of the molecule is COCCOCC1CCN(C(=O)c2cc3cc([N+](=O)[O-])ccc3s2)CC1. The molecule has 0 bridgehead atoms. The number of rotatable bonds is 7. The molecule has 8 heteroatoms. The van der Waals surface area contributed by atoms with Crippen molar-refractivity contribution < 1.29 is 19.2 Å². The molecule has 2 heterocycles. The molecule has 26 heavy (non-hydrogen) atoms. The third-order valence-electron chi connectivity index (χ3n) is 4.61. The summed E-state index contributed by atoms with van der Waals surface area (Å²) in [5.74, 6) is 0.480. The van der Waals surface area contributed by atoms with Crippen LogP contribution >= 0.6 is 11.3 Å². The van der Waals surface area contributed by atoms with Crippen molar-refractivity contribution in [3.8, 4) is 0 Å². The first-order chi connectivity index (χ1) is 12.6. The zero-order valence-electron chi connectivity index (χ0n) is 14.7. The first-order valence-electron chi connectivity index (χ1n) is 8.62. The number of hydrogen-bond donors (Lipinski definition) is 0. The van der Waals surface area contributed by atoms with Gasteiger partial charge >= 0.3 is 0 Å². The lowest BCUT2D eigenvalue weighted by Crippen LogP contribution is -2.39. The lowest BCUT2D eigenvalue weighted by atomic mass is 9.97. The van der Waals surface area contributed by atoms with Gasteiger partial charge < -0.3 is 14.4 Å². The second kappa shape index (κ2) is 8.57. The van der Waals surface area contributed by atoms with Gasteiger partial charge in [-0.2, -0.15) is 0 Å². The highest BCUT2D eigenvalue weighted by Crippen LogP contribution is 2.30. The Morgan fingerprint density at radius 3 is 2.77 bits per heavy atom. The maximum Gasteiger partial charge on any atom is 0.270 e. The van der Waals surface area contributed by atoms with Crippen molar-refractivity contribution in [2.24, 2.45) is 5.92 Å². The lowest BCUT2D eigenvalue weighted by molar-refractivity contribution is -0.384. The number of carbonyl (C=O) groups is 1. The van der Waals surface area contributed by atoms with E-state index in [-0.39, 0.29) is 11.6 Å². The molecule has 1 aromatic carbocycles. The summed E-state index contributed by atoms with van der Waals surface area (Å²) < 4.78 is 11.4. The molecule has 0 spiro atoms. The average Bonchev–Trinajstić information content (AvgIpc) is 3.08. The first-order valence-corrected chi connectivity index (χ1v) is 9.44. The normalized spacial score (nSPS) is 15.5. The van der Waals surface area contributed by atoms with Gasteiger partial charge in [-0.05, 0) is 30.9 Å². The van der Waals surface area contributed by atoms with E-state index in [0.717, 1.165) is 22.9 Å². The van der Waals surface area contributed by atoms with Crippen LogP contribution in [-0.4, -0.2) is 55.8 Å². The van der Waals surface area contributed by atoms with Crippen molar-refractivity contribution in [3.05, 3.63) is 39.3 Å². The van der Waals surface area contributed by atoms with Crippen LogP contribution in [0.25, 0.3) is 10.1 Å². The summed E-state index contributed by atoms with van der Waals surface area (Å²) in [7, 11) is 1.65. The maximum absolute atomic E-state index is 12.7. The minimum absolute atomic E-state index is 0.00704. The molecular weight excluding hydrogens is 356 g/mol. The average molecular weight is 378 g/mol. The van der Waals surface area contributed by atoms with E-state index in [0.29, 0.717) is 43.7 Å². The Bertz CT molecular complexity index is 783. The second-order valence-electron chi connectivity index (χ2n) is 6.39. The number of likely N-dealkylation sites (tertiary alicyclic amines) is 1. The second-order valence-corrected chi connectivity index (χ2v) is 7.48. The van der Waals surface area contributed by atoms with E-state index in [4.69, 9.17) is 9.47 Å². The van der Waals surface area contributed by atoms with Gasteiger partial charge in [-0.1, -0.05) is 0 Å². The van der Waals surface area contributed by atoms with Gasteiger partial charge in [-0.25, -0.2) is 0 Å². The summed E-state index contributed by atoms with van der Waals surface area (Å²) in [6, 6.07) is 6.46. The fourth-order valence-electron chi connectivity index (χ4n) is 3.10. The Hall–Kier alpha value is -2.03. The van der Waals surface area contributed by atoms with Crippen LogP contribution in [0.5, 0.6) is 0 Å². The van der Waals surface area contributed by atoms with Crippen LogP contribution in [0.15, 0.2) is 24.3 Å². The number of non-ortho nitro benzene ring substituents is 1. The van der Waals surface area contributed by atoms with E-state index in [1.165, 1.54) is 23.5 Å². The highest BCUT2D eigenvalue weighted by atomic mass is 32.1. The molecule has 1 fully saturated rings. The maximum atomic E-state index is 12.7. The van der Waals surface area contributed by atoms with Gasteiger partial charge in [0.1, 0.15) is 0 Å². The summed E-state index contributed by atoms with van der Waals surface area (Å²) in [6.45, 7) is 3.33. The summed E-state index contributed by atoms with van der Waals surface area (Å²) in [5, 5.41) is 11.6. The van der Waals surface area contributed by atoms with Gasteiger partial charge in [-0.3, -0.25) is 14.9 Å². The minimum Gasteiger partial charge on any atom is -0.382 e. The molecule has 1 saturated heterocycles. The number of carbonyl (C=O) groups excluding carboxylic acids is 1. The van der Waals surface area contributed by atoms with Crippen LogP contribution in [0.4, 0.5) is 5.69 Å². The number of fused-ring (bicyclic) bond motifs is 1. The van der Waals surface area contributed by atoms with E-state index < -0.39 is 4.92 Å². The monoisotopic (exact) mass is 378 g/mol. The number of benzene rings is 1. The van der Waals surface area contributed by atoms with E-state index in [1.807, 2.05) is 4.90 Å². The van der Waals surface area contributed by atoms with Crippen LogP contribution in [0.3, 0.4) is 0 Å². The fraction of sp³-hybridized carbons (Fsp3) is 0.500. The molecule has 0 aliphatic carbocycles. The van der Waals surface area contributed by atoms with E-state index in [1.54, 1.807) is 19.2 Å². The molecule has 0 atom stereocenters. The Kier molecular flexibility index (Phi) is 6.18. The number of nitro benzene ring substituents is 1. The minimum atomic E-state index is -0.419. The number of amides is 1. The lowest BCUT2D eigenvalue weighted by Gasteiger charge is -2.31. The zero-order valence-corrected chi connectivity index (χ0v) is 15.5. The van der Waals surface area contributed by atoms with Crippen LogP contribution < -0.4 is 0 Å². The summed E-state index contributed by atoms with van der Waals surface area (Å²) in [4.78, 5) is 25.7. The van der Waals surface area contributed by atoms with Crippen molar-refractivity contribution in [1.29, 1.82) is 0 Å². The fourth-order valence-corrected chi connectivity index (χ4v) is 4.11. The number of nitro groups is 1. The highest BCUT2D eigenvalue weighted by molar-refractivity contribution is 7.20. The topological polar surface area (TPSA) is 81.9 Å². The number of ether oxygens (including phenoxy) is 2. The van der Waals surface area contributed by atoms with Crippen molar-refractivity contribution in [2.45, 2.75) is 12.8 Å². The standard InChI is InChI=1S/C18H22N2O5S/c1-24-8-9-25-12-13-4-6-19(7-5-13)18(21)17-11-14-10-15(20(22)23)2-3-16(14)26-17/h2-3,10-11,13H,4-9,12H2,1H3. The Labute approximate surface area is 155 Å². The molecule has 1 amide bonds. The van der Waals surface area contributed by atoms with Crippen LogP contribution in [0.1, 0.15) is 22.5 Å². The summed E-state index contributed by atoms with van der Waals surface area (Å²) in [6.07, 6.45) is 1.85. The molecule has 0 N–H and O–H groups in total. The number of piperidine rings is 1. The van der Waals surface area contributed by atoms with Crippen LogP contribution in [-0.2, 0) is 9.47 Å². The Morgan fingerprint density at radius 2 is 2.08 bits per heavy atom. The van der Waals surface area contributed by atoms with Gasteiger partial charge in [-0.15, -0.1) is 11.3 Å². The van der Waals surface area contributed by atoms with E-state index in [9.17, 15) is 14.9 Å². The largest absolute Gasteiger partial charge is 0.382 e. The van der Waals surface area contributed by atoms with Gasteiger partial charge in [0.2, 0.25) is 0 Å². The molecule has 1 aromatic heterocycles. The first kappa shape index (κ1) is 18.8. The molecule has 140 valence electrons. The summed E-state index contributed by atoms with van der Waals surface area (Å²) in [5.41, 5.74) is 0.0450. The molecule has 0 saturated carbocycles. The predicted octanol–water partition coefficient (Wildman–Crippen LogP) is 3.32. The molecule has 0 radical (unpaired) electrons. The Balaban J connectivity index is 1.58. The highest BCUT2D eigenvalue weighted by Gasteiger charge is 2.25. The van der Waals surface area contributed by atoms with E-state index in [2.05, 4.69) is 0 Å². The number of methoxy groups -OCH3 is 1. The van der Waals surface area contributed by atoms with Crippen molar-refractivity contribution in [3.63, 3.8) is 0 Å². The van der Waals surface area contributed by atoms with Crippen molar-refractivity contribution >= 4 is 33.0 Å². The molecule has 2 aromatic rings. The van der Waals surface area contributed by atoms with Crippen molar-refractivity contribution in [2.75, 3.05) is 40.0 Å². The van der Waals surface area contributed by atoms with Crippen LogP contribution in [0.2, 0.25) is 0 Å². The van der Waals surface area contributed by atoms with Gasteiger partial charge in [0.05, 0.1) is 23.0 Å². The Morgan fingerprint density at radius 1 is 1.31 bits per heavy atom. The zero-order chi connectivity index (χ0) is 18.5. The molecule has 1 aliphatic rings. The third-order valence-corrected chi connectivity index (χ3v) is 5.71. The number of nitrogens with zero attached hydrogens (tertiary/aromatic N) is 2. The molecule has 3 rings (SSSR count). The molecule has 0 unspecified atom stereocenters. The van der Waals surface area contributed by atoms with Crippen LogP contribution in [0, 0.1) is 16.0 Å². The van der Waals surface area contributed by atoms with E-state index >= 15 is 0 Å². The quantitative estimate of drug-likeness (QED) is 0.419. The van der Waals surface area contributed by atoms with Gasteiger partial charge in [0.15, 0.2) is 0 Å².